The van der Waals surface area contributed by atoms with E-state index in [0.717, 1.165) is 103 Å². The molecule has 0 aliphatic heterocycles. The van der Waals surface area contributed by atoms with Crippen molar-refractivity contribution in [1.82, 2.24) is 0 Å². The number of rotatable bonds is 59. The third kappa shape index (κ3) is 61.6. The molecule has 0 aromatic carbocycles. The number of ether oxygens (including phenoxy) is 3. The van der Waals surface area contributed by atoms with Gasteiger partial charge in [-0.15, -0.1) is 0 Å². The van der Waals surface area contributed by atoms with Gasteiger partial charge < -0.3 is 14.2 Å². The highest BCUT2D eigenvalue weighted by Gasteiger charge is 2.19. The van der Waals surface area contributed by atoms with Crippen LogP contribution in [0.2, 0.25) is 0 Å². The minimum atomic E-state index is -0.770. The smallest absolute Gasteiger partial charge is 0.306 e. The molecule has 0 spiro atoms. The molecule has 0 aromatic rings. The van der Waals surface area contributed by atoms with Gasteiger partial charge in [0, 0.05) is 19.3 Å². The Morgan fingerprint density at radius 1 is 0.280 bits per heavy atom. The third-order valence-electron chi connectivity index (χ3n) is 14.2. The molecular weight excluding hydrogens is 925 g/mol. The largest absolute Gasteiger partial charge is 0.462 e. The van der Waals surface area contributed by atoms with E-state index in [-0.39, 0.29) is 31.1 Å². The highest BCUT2D eigenvalue weighted by molar-refractivity contribution is 5.71. The molecule has 0 aliphatic carbocycles. The van der Waals surface area contributed by atoms with E-state index in [0.29, 0.717) is 19.3 Å². The average molecular weight is 1050 g/mol. The molecule has 0 saturated carbocycles. The van der Waals surface area contributed by atoms with Crippen LogP contribution in [-0.4, -0.2) is 37.2 Å². The van der Waals surface area contributed by atoms with E-state index in [1.54, 1.807) is 0 Å². The first-order valence-electron chi connectivity index (χ1n) is 32.4. The topological polar surface area (TPSA) is 78.9 Å². The Morgan fingerprint density at radius 2 is 0.520 bits per heavy atom. The number of esters is 3. The Kier molecular flexibility index (Phi) is 60.7. The summed E-state index contributed by atoms with van der Waals surface area (Å²) in [5, 5.41) is 0. The predicted octanol–water partition coefficient (Wildman–Crippen LogP) is 22.1. The van der Waals surface area contributed by atoms with Gasteiger partial charge in [-0.2, -0.15) is 0 Å². The Labute approximate surface area is 465 Å². The molecule has 75 heavy (non-hydrogen) atoms. The highest BCUT2D eigenvalue weighted by atomic mass is 16.6. The van der Waals surface area contributed by atoms with Crippen LogP contribution in [0.5, 0.6) is 0 Å². The van der Waals surface area contributed by atoms with E-state index < -0.39 is 6.10 Å². The van der Waals surface area contributed by atoms with Crippen LogP contribution in [0.4, 0.5) is 0 Å². The lowest BCUT2D eigenvalue weighted by molar-refractivity contribution is -0.167. The van der Waals surface area contributed by atoms with Crippen LogP contribution in [0.25, 0.3) is 0 Å². The molecule has 0 bridgehead atoms. The molecule has 0 aromatic heterocycles. The fourth-order valence-corrected chi connectivity index (χ4v) is 9.39. The second-order valence-corrected chi connectivity index (χ2v) is 21.7. The third-order valence-corrected chi connectivity index (χ3v) is 14.2. The second kappa shape index (κ2) is 63.4. The molecule has 1 atom stereocenters. The number of unbranched alkanes of at least 4 members (excludes halogenated alkanes) is 36. The van der Waals surface area contributed by atoms with E-state index in [9.17, 15) is 14.4 Å². The van der Waals surface area contributed by atoms with Gasteiger partial charge in [0.15, 0.2) is 6.10 Å². The molecule has 0 fully saturated rings. The summed E-state index contributed by atoms with van der Waals surface area (Å²) in [5.74, 6) is -0.872. The second-order valence-electron chi connectivity index (χ2n) is 21.7. The lowest BCUT2D eigenvalue weighted by atomic mass is 10.0. The summed E-state index contributed by atoms with van der Waals surface area (Å²) >= 11 is 0. The molecule has 1 unspecified atom stereocenters. The molecule has 6 heteroatoms. The zero-order valence-electron chi connectivity index (χ0n) is 49.8. The van der Waals surface area contributed by atoms with Gasteiger partial charge in [0.05, 0.1) is 0 Å². The minimum absolute atomic E-state index is 0.0722. The Balaban J connectivity index is 4.00. The first kappa shape index (κ1) is 71.8. The maximum Gasteiger partial charge on any atom is 0.306 e. The molecule has 0 heterocycles. The Bertz CT molecular complexity index is 1390. The van der Waals surface area contributed by atoms with E-state index in [1.165, 1.54) is 186 Å². The molecule has 0 aliphatic rings. The summed E-state index contributed by atoms with van der Waals surface area (Å²) in [6, 6.07) is 0. The number of carbonyl (C=O) groups excluding carboxylic acids is 3. The van der Waals surface area contributed by atoms with Crippen LogP contribution in [0, 0.1) is 0 Å². The van der Waals surface area contributed by atoms with Crippen molar-refractivity contribution < 1.29 is 28.6 Å². The summed E-state index contributed by atoms with van der Waals surface area (Å²) in [7, 11) is 0. The van der Waals surface area contributed by atoms with E-state index in [4.69, 9.17) is 14.2 Å². The normalized spacial score (nSPS) is 12.5. The molecule has 0 N–H and O–H groups in total. The van der Waals surface area contributed by atoms with Crippen molar-refractivity contribution in [3.05, 3.63) is 72.9 Å². The van der Waals surface area contributed by atoms with Crippen molar-refractivity contribution in [1.29, 1.82) is 0 Å². The first-order chi connectivity index (χ1) is 37.0. The average Bonchev–Trinajstić information content (AvgIpc) is 3.41. The van der Waals surface area contributed by atoms with Crippen molar-refractivity contribution in [3.63, 3.8) is 0 Å². The zero-order chi connectivity index (χ0) is 54.3. The highest BCUT2D eigenvalue weighted by Crippen LogP contribution is 2.17. The Morgan fingerprint density at radius 3 is 0.813 bits per heavy atom. The molecule has 0 rings (SSSR count). The van der Waals surface area contributed by atoms with Crippen molar-refractivity contribution in [3.8, 4) is 0 Å². The van der Waals surface area contributed by atoms with Crippen LogP contribution in [0.3, 0.4) is 0 Å². The van der Waals surface area contributed by atoms with E-state index in [2.05, 4.69) is 93.7 Å². The summed E-state index contributed by atoms with van der Waals surface area (Å²) in [6.07, 6.45) is 82.5. The van der Waals surface area contributed by atoms with Crippen LogP contribution in [0.15, 0.2) is 72.9 Å². The molecule has 6 nitrogen and oxygen atoms in total. The van der Waals surface area contributed by atoms with E-state index >= 15 is 0 Å². The van der Waals surface area contributed by atoms with Gasteiger partial charge in [-0.05, 0) is 70.6 Å². The summed E-state index contributed by atoms with van der Waals surface area (Å²) in [6.45, 7) is 6.48. The lowest BCUT2D eigenvalue weighted by Gasteiger charge is -2.18. The summed E-state index contributed by atoms with van der Waals surface area (Å²) < 4.78 is 16.8. The SMILES string of the molecule is CC/C=C\C/C=C\C/C=C\C/C=C\C/C=C\C/C=C\CCCCCCCCCCCCCCC(=O)OCC(COC(=O)CCCCCCC)OC(=O)CCCCCCCCCCCCCCCCCCCCCCC. The van der Waals surface area contributed by atoms with Crippen molar-refractivity contribution in [2.45, 2.75) is 335 Å². The maximum absolute atomic E-state index is 12.8. The van der Waals surface area contributed by atoms with Crippen LogP contribution >= 0.6 is 0 Å². The van der Waals surface area contributed by atoms with Crippen molar-refractivity contribution in [2.75, 3.05) is 13.2 Å². The van der Waals surface area contributed by atoms with Gasteiger partial charge >= 0.3 is 17.9 Å². The zero-order valence-corrected chi connectivity index (χ0v) is 49.8. The van der Waals surface area contributed by atoms with Crippen LogP contribution in [-0.2, 0) is 28.6 Å². The maximum atomic E-state index is 12.8. The Hall–Kier alpha value is -3.15. The van der Waals surface area contributed by atoms with Gasteiger partial charge in [0.25, 0.3) is 0 Å². The summed E-state index contributed by atoms with van der Waals surface area (Å²) in [4.78, 5) is 37.9. The van der Waals surface area contributed by atoms with Crippen LogP contribution < -0.4 is 0 Å². The lowest BCUT2D eigenvalue weighted by Crippen LogP contribution is -2.30. The standard InChI is InChI=1S/C69H122O6/c1-4-7-10-13-15-17-19-21-23-25-27-29-30-31-32-33-34-35-36-37-38-40-41-43-45-47-49-51-53-56-59-62-68(71)74-65-66(64-73-67(70)61-58-55-12-9-6-3)75-69(72)63-60-57-54-52-50-48-46-44-42-39-28-26-24-22-20-18-16-14-11-8-5-2/h7,10,15,17,21,23,27,29,31-32,34-35,66H,4-6,8-9,11-14,16,18-20,22,24-26,28,30,33,36-65H2,1-3H3/b10-7-,17-15-,23-21-,29-27-,32-31-,35-34-. The van der Waals surface area contributed by atoms with Gasteiger partial charge in [-0.25, -0.2) is 0 Å². The summed E-state index contributed by atoms with van der Waals surface area (Å²) in [5.41, 5.74) is 0. The number of allylic oxidation sites excluding steroid dienone is 12. The quantitative estimate of drug-likeness (QED) is 0.0261. The number of hydrogen-bond acceptors (Lipinski definition) is 6. The predicted molar refractivity (Wildman–Crippen MR) is 325 cm³/mol. The van der Waals surface area contributed by atoms with Gasteiger partial charge in [0.1, 0.15) is 13.2 Å². The fourth-order valence-electron chi connectivity index (χ4n) is 9.39. The van der Waals surface area contributed by atoms with E-state index in [1.807, 2.05) is 0 Å². The number of hydrogen-bond donors (Lipinski definition) is 0. The van der Waals surface area contributed by atoms with Gasteiger partial charge in [-0.3, -0.25) is 14.4 Å². The number of carbonyl (C=O) groups is 3. The molecule has 0 amide bonds. The van der Waals surface area contributed by atoms with Crippen LogP contribution in [0.1, 0.15) is 329 Å². The van der Waals surface area contributed by atoms with Crippen molar-refractivity contribution in [2.24, 2.45) is 0 Å². The molecule has 0 saturated heterocycles. The fraction of sp³-hybridized carbons (Fsp3) is 0.783. The molecular formula is C69H122O6. The molecule has 0 radical (unpaired) electrons. The first-order valence-corrected chi connectivity index (χ1v) is 32.4. The molecule has 434 valence electrons. The van der Waals surface area contributed by atoms with Crippen molar-refractivity contribution >= 4 is 17.9 Å². The van der Waals surface area contributed by atoms with Gasteiger partial charge in [-0.1, -0.05) is 312 Å². The minimum Gasteiger partial charge on any atom is -0.462 e. The monoisotopic (exact) mass is 1050 g/mol. The van der Waals surface area contributed by atoms with Gasteiger partial charge in [0.2, 0.25) is 0 Å².